The van der Waals surface area contributed by atoms with E-state index in [1.807, 2.05) is 0 Å². The number of benzene rings is 1. The Balaban J connectivity index is 3.09. The molecule has 0 saturated carbocycles. The predicted molar refractivity (Wildman–Crippen MR) is 89.2 cm³/mol. The Hall–Kier alpha value is -0.860. The van der Waals surface area contributed by atoms with Crippen molar-refractivity contribution in [3.8, 4) is 0 Å². The lowest BCUT2D eigenvalue weighted by molar-refractivity contribution is 0.113. The molecular formula is C18H32N2. The first-order chi connectivity index (χ1) is 9.49. The number of rotatable bonds is 8. The predicted octanol–water partition coefficient (Wildman–Crippen LogP) is 4.02. The van der Waals surface area contributed by atoms with E-state index in [9.17, 15) is 0 Å². The molecule has 1 aromatic rings. The van der Waals surface area contributed by atoms with Crippen LogP contribution in [0.15, 0.2) is 24.3 Å². The van der Waals surface area contributed by atoms with Crippen LogP contribution in [-0.2, 0) is 6.42 Å². The molecule has 1 aromatic carbocycles. The molecule has 2 atom stereocenters. The quantitative estimate of drug-likeness (QED) is 0.771. The second-order valence-corrected chi connectivity index (χ2v) is 6.09. The standard InChI is InChI=1S/C18H32N2/c1-7-14-19-17(18(4,9-3)20(5)6)16-12-10-15(8-2)11-13-16/h10-13,17,19H,7-9,14H2,1-6H3. The van der Waals surface area contributed by atoms with Gasteiger partial charge in [-0.25, -0.2) is 0 Å². The number of likely N-dealkylation sites (N-methyl/N-ethyl adjacent to an activating group) is 1. The first-order valence-electron chi connectivity index (χ1n) is 7.99. The maximum Gasteiger partial charge on any atom is 0.0504 e. The van der Waals surface area contributed by atoms with E-state index in [4.69, 9.17) is 0 Å². The maximum absolute atomic E-state index is 3.75. The lowest BCUT2D eigenvalue weighted by Crippen LogP contribution is -2.51. The highest BCUT2D eigenvalue weighted by molar-refractivity contribution is 5.27. The monoisotopic (exact) mass is 276 g/mol. The van der Waals surface area contributed by atoms with E-state index < -0.39 is 0 Å². The van der Waals surface area contributed by atoms with E-state index in [0.29, 0.717) is 6.04 Å². The summed E-state index contributed by atoms with van der Waals surface area (Å²) in [6.45, 7) is 10.1. The second-order valence-electron chi connectivity index (χ2n) is 6.09. The number of nitrogens with zero attached hydrogens (tertiary/aromatic N) is 1. The summed E-state index contributed by atoms with van der Waals surface area (Å²) in [5.74, 6) is 0. The number of aryl methyl sites for hydroxylation is 1. The highest BCUT2D eigenvalue weighted by Gasteiger charge is 2.35. The van der Waals surface area contributed by atoms with Crippen LogP contribution in [-0.4, -0.2) is 31.1 Å². The highest BCUT2D eigenvalue weighted by atomic mass is 15.2. The summed E-state index contributed by atoms with van der Waals surface area (Å²) < 4.78 is 0. The Bertz CT molecular complexity index is 383. The summed E-state index contributed by atoms with van der Waals surface area (Å²) in [6, 6.07) is 9.49. The molecule has 2 heteroatoms. The zero-order valence-corrected chi connectivity index (χ0v) is 14.2. The van der Waals surface area contributed by atoms with Gasteiger partial charge in [-0.15, -0.1) is 0 Å². The summed E-state index contributed by atoms with van der Waals surface area (Å²) in [5, 5.41) is 3.75. The average Bonchev–Trinajstić information content (AvgIpc) is 2.47. The van der Waals surface area contributed by atoms with Crippen molar-refractivity contribution >= 4 is 0 Å². The van der Waals surface area contributed by atoms with Crippen molar-refractivity contribution in [1.82, 2.24) is 10.2 Å². The van der Waals surface area contributed by atoms with Crippen molar-refractivity contribution in [3.05, 3.63) is 35.4 Å². The van der Waals surface area contributed by atoms with Gasteiger partial charge >= 0.3 is 0 Å². The van der Waals surface area contributed by atoms with Crippen LogP contribution >= 0.6 is 0 Å². The molecule has 0 saturated heterocycles. The molecule has 20 heavy (non-hydrogen) atoms. The first-order valence-corrected chi connectivity index (χ1v) is 7.99. The fraction of sp³-hybridized carbons (Fsp3) is 0.667. The normalized spacial score (nSPS) is 16.1. The van der Waals surface area contributed by atoms with Crippen molar-refractivity contribution in [2.24, 2.45) is 0 Å². The van der Waals surface area contributed by atoms with Gasteiger partial charge in [0, 0.05) is 5.54 Å². The van der Waals surface area contributed by atoms with Gasteiger partial charge < -0.3 is 10.2 Å². The molecule has 0 bridgehead atoms. The van der Waals surface area contributed by atoms with Gasteiger partial charge in [0.1, 0.15) is 0 Å². The van der Waals surface area contributed by atoms with Crippen LogP contribution in [0.1, 0.15) is 57.7 Å². The third-order valence-corrected chi connectivity index (χ3v) is 4.68. The highest BCUT2D eigenvalue weighted by Crippen LogP contribution is 2.33. The molecule has 2 nitrogen and oxygen atoms in total. The Kier molecular flexibility index (Phi) is 6.70. The van der Waals surface area contributed by atoms with Crippen molar-refractivity contribution in [2.75, 3.05) is 20.6 Å². The molecule has 0 aromatic heterocycles. The van der Waals surface area contributed by atoms with Crippen LogP contribution in [0.5, 0.6) is 0 Å². The van der Waals surface area contributed by atoms with Gasteiger partial charge in [-0.2, -0.15) is 0 Å². The molecular weight excluding hydrogens is 244 g/mol. The minimum atomic E-state index is 0.128. The largest absolute Gasteiger partial charge is 0.308 e. The topological polar surface area (TPSA) is 15.3 Å². The van der Waals surface area contributed by atoms with Crippen LogP contribution in [0.25, 0.3) is 0 Å². The van der Waals surface area contributed by atoms with E-state index in [0.717, 1.165) is 25.8 Å². The van der Waals surface area contributed by atoms with Crippen molar-refractivity contribution in [3.63, 3.8) is 0 Å². The van der Waals surface area contributed by atoms with E-state index in [-0.39, 0.29) is 5.54 Å². The molecule has 114 valence electrons. The van der Waals surface area contributed by atoms with Crippen molar-refractivity contribution < 1.29 is 0 Å². The van der Waals surface area contributed by atoms with E-state index >= 15 is 0 Å². The number of hydrogen-bond donors (Lipinski definition) is 1. The van der Waals surface area contributed by atoms with E-state index in [1.165, 1.54) is 11.1 Å². The molecule has 0 heterocycles. The van der Waals surface area contributed by atoms with E-state index in [1.54, 1.807) is 0 Å². The summed E-state index contributed by atoms with van der Waals surface area (Å²) in [6.07, 6.45) is 3.39. The van der Waals surface area contributed by atoms with Crippen molar-refractivity contribution in [2.45, 2.75) is 58.5 Å². The summed E-state index contributed by atoms with van der Waals surface area (Å²) in [7, 11) is 4.37. The van der Waals surface area contributed by atoms with Crippen LogP contribution in [0.4, 0.5) is 0 Å². The third kappa shape index (κ3) is 3.83. The minimum Gasteiger partial charge on any atom is -0.308 e. The Morgan fingerprint density at radius 3 is 2.10 bits per heavy atom. The lowest BCUT2D eigenvalue weighted by atomic mass is 9.83. The van der Waals surface area contributed by atoms with Gasteiger partial charge in [-0.3, -0.25) is 0 Å². The summed E-state index contributed by atoms with van der Waals surface area (Å²) >= 11 is 0. The Morgan fingerprint density at radius 1 is 1.10 bits per heavy atom. The molecule has 0 fully saturated rings. The first kappa shape index (κ1) is 17.2. The Labute approximate surface area is 125 Å². The minimum absolute atomic E-state index is 0.128. The molecule has 2 unspecified atom stereocenters. The van der Waals surface area contributed by atoms with Gasteiger partial charge in [0.2, 0.25) is 0 Å². The fourth-order valence-corrected chi connectivity index (χ4v) is 2.71. The molecule has 0 spiro atoms. The summed E-state index contributed by atoms with van der Waals surface area (Å²) in [4.78, 5) is 2.36. The number of hydrogen-bond acceptors (Lipinski definition) is 2. The number of nitrogens with one attached hydrogen (secondary N) is 1. The van der Waals surface area contributed by atoms with Crippen molar-refractivity contribution in [1.29, 1.82) is 0 Å². The molecule has 0 aliphatic carbocycles. The van der Waals surface area contributed by atoms with E-state index in [2.05, 4.69) is 76.3 Å². The van der Waals surface area contributed by atoms with Gasteiger partial charge in [0.05, 0.1) is 6.04 Å². The second kappa shape index (κ2) is 7.80. The van der Waals surface area contributed by atoms with Crippen LogP contribution in [0.3, 0.4) is 0 Å². The molecule has 0 radical (unpaired) electrons. The lowest BCUT2D eigenvalue weighted by Gasteiger charge is -2.43. The van der Waals surface area contributed by atoms with Crippen LogP contribution < -0.4 is 5.32 Å². The molecule has 0 amide bonds. The van der Waals surface area contributed by atoms with Crippen LogP contribution in [0, 0.1) is 0 Å². The maximum atomic E-state index is 3.75. The smallest absolute Gasteiger partial charge is 0.0504 e. The zero-order valence-electron chi connectivity index (χ0n) is 14.2. The molecule has 0 aliphatic rings. The summed E-state index contributed by atoms with van der Waals surface area (Å²) in [5.41, 5.74) is 2.93. The fourth-order valence-electron chi connectivity index (χ4n) is 2.71. The van der Waals surface area contributed by atoms with Crippen LogP contribution in [0.2, 0.25) is 0 Å². The molecule has 1 rings (SSSR count). The average molecular weight is 276 g/mol. The Morgan fingerprint density at radius 2 is 1.70 bits per heavy atom. The van der Waals surface area contributed by atoms with Gasteiger partial charge in [-0.05, 0) is 58.0 Å². The van der Waals surface area contributed by atoms with Gasteiger partial charge in [0.15, 0.2) is 0 Å². The molecule has 0 aliphatic heterocycles. The molecule has 1 N–H and O–H groups in total. The SMILES string of the molecule is CCCNC(c1ccc(CC)cc1)C(C)(CC)N(C)C. The van der Waals surface area contributed by atoms with Gasteiger partial charge in [0.25, 0.3) is 0 Å². The zero-order chi connectivity index (χ0) is 15.2. The third-order valence-electron chi connectivity index (χ3n) is 4.68. The van der Waals surface area contributed by atoms with Gasteiger partial charge in [-0.1, -0.05) is 45.0 Å².